The lowest BCUT2D eigenvalue weighted by Gasteiger charge is -2.07. The Labute approximate surface area is 183 Å². The van der Waals surface area contributed by atoms with Crippen LogP contribution in [0.5, 0.6) is 5.75 Å². The van der Waals surface area contributed by atoms with Crippen molar-refractivity contribution in [1.82, 2.24) is 19.9 Å². The second kappa shape index (κ2) is 9.01. The number of ether oxygens (including phenoxy) is 2. The number of esters is 1. The third-order valence-corrected chi connectivity index (χ3v) is 4.89. The Morgan fingerprint density at radius 2 is 1.81 bits per heavy atom. The first-order valence-corrected chi connectivity index (χ1v) is 9.87. The van der Waals surface area contributed by atoms with Crippen LogP contribution in [0.15, 0.2) is 59.1 Å². The number of carbonyl (C=O) groups is 1. The largest absolute Gasteiger partial charge is 0.485 e. The predicted molar refractivity (Wildman–Crippen MR) is 112 cm³/mol. The minimum absolute atomic E-state index is 0.0196. The van der Waals surface area contributed by atoms with E-state index in [1.54, 1.807) is 35.9 Å². The zero-order valence-electron chi connectivity index (χ0n) is 16.9. The molecule has 0 aliphatic rings. The van der Waals surface area contributed by atoms with Crippen LogP contribution in [0, 0.1) is 13.8 Å². The number of hydrogen-bond acceptors (Lipinski definition) is 7. The van der Waals surface area contributed by atoms with Crippen LogP contribution in [0.25, 0.3) is 5.69 Å². The molecule has 2 aromatic heterocycles. The Bertz CT molecular complexity index is 1190. The van der Waals surface area contributed by atoms with Crippen molar-refractivity contribution in [3.8, 4) is 11.4 Å². The van der Waals surface area contributed by atoms with Gasteiger partial charge in [0.15, 0.2) is 6.61 Å². The fourth-order valence-electron chi connectivity index (χ4n) is 2.89. The Balaban J connectivity index is 1.37. The van der Waals surface area contributed by atoms with Crippen LogP contribution in [-0.4, -0.2) is 25.9 Å². The molecule has 0 radical (unpaired) electrons. The van der Waals surface area contributed by atoms with Crippen LogP contribution in [0.1, 0.15) is 33.3 Å². The quantitative estimate of drug-likeness (QED) is 0.393. The molecule has 0 bridgehead atoms. The maximum atomic E-state index is 12.4. The average molecular weight is 439 g/mol. The summed E-state index contributed by atoms with van der Waals surface area (Å²) in [5.74, 6) is 1.02. The van der Waals surface area contributed by atoms with Crippen LogP contribution >= 0.6 is 11.6 Å². The Hall–Kier alpha value is -3.65. The van der Waals surface area contributed by atoms with Crippen molar-refractivity contribution in [3.63, 3.8) is 0 Å². The molecule has 0 aliphatic carbocycles. The summed E-state index contributed by atoms with van der Waals surface area (Å²) in [5.41, 5.74) is 2.59. The molecule has 2 aromatic carbocycles. The van der Waals surface area contributed by atoms with E-state index in [1.807, 2.05) is 37.3 Å². The highest BCUT2D eigenvalue weighted by atomic mass is 35.5. The number of rotatable bonds is 7. The lowest BCUT2D eigenvalue weighted by atomic mass is 10.2. The summed E-state index contributed by atoms with van der Waals surface area (Å²) in [6, 6.07) is 16.1. The molecule has 0 fully saturated rings. The second-order valence-corrected chi connectivity index (χ2v) is 7.08. The second-order valence-electron chi connectivity index (χ2n) is 6.72. The molecule has 31 heavy (non-hydrogen) atoms. The molecule has 0 unspecified atom stereocenters. The van der Waals surface area contributed by atoms with E-state index in [0.717, 1.165) is 5.69 Å². The summed E-state index contributed by atoms with van der Waals surface area (Å²) in [7, 11) is 0. The van der Waals surface area contributed by atoms with Crippen molar-refractivity contribution < 1.29 is 18.8 Å². The summed E-state index contributed by atoms with van der Waals surface area (Å²) in [6.07, 6.45) is 0. The third-order valence-electron chi connectivity index (χ3n) is 4.50. The number of para-hydroxylation sites is 1. The monoisotopic (exact) mass is 438 g/mol. The van der Waals surface area contributed by atoms with Gasteiger partial charge in [-0.15, -0.1) is 0 Å². The molecular formula is C22H19ClN4O4. The number of carbonyl (C=O) groups excluding carboxylic acids is 1. The molecule has 0 N–H and O–H groups in total. The summed E-state index contributed by atoms with van der Waals surface area (Å²) in [6.45, 7) is 3.72. The van der Waals surface area contributed by atoms with Gasteiger partial charge in [-0.1, -0.05) is 35.0 Å². The van der Waals surface area contributed by atoms with Gasteiger partial charge in [0.2, 0.25) is 11.7 Å². The number of benzene rings is 2. The fourth-order valence-corrected chi connectivity index (χ4v) is 3.22. The van der Waals surface area contributed by atoms with Crippen molar-refractivity contribution in [2.75, 3.05) is 0 Å². The van der Waals surface area contributed by atoms with Crippen LogP contribution in [0.3, 0.4) is 0 Å². The molecule has 0 atom stereocenters. The highest BCUT2D eigenvalue weighted by molar-refractivity contribution is 6.30. The number of hydrogen-bond donors (Lipinski definition) is 0. The van der Waals surface area contributed by atoms with Gasteiger partial charge in [-0.2, -0.15) is 10.1 Å². The maximum Gasteiger partial charge on any atom is 0.338 e. The van der Waals surface area contributed by atoms with Crippen LogP contribution in [0.2, 0.25) is 5.15 Å². The van der Waals surface area contributed by atoms with E-state index in [2.05, 4.69) is 15.2 Å². The third kappa shape index (κ3) is 4.75. The Kier molecular flexibility index (Phi) is 5.99. The standard InChI is InChI=1S/C22H19ClN4O4/c1-14-19(21(23)27(25-14)17-6-4-3-5-7-17)12-30-22(28)16-8-10-18(11-9-16)29-13-20-24-15(2)31-26-20/h3-11H,12-13H2,1-2H3. The average Bonchev–Trinajstić information content (AvgIpc) is 3.33. The van der Waals surface area contributed by atoms with E-state index in [4.69, 9.17) is 25.6 Å². The summed E-state index contributed by atoms with van der Waals surface area (Å²) < 4.78 is 17.5. The number of aromatic nitrogens is 4. The SMILES string of the molecule is Cc1nc(COc2ccc(C(=O)OCc3c(C)nn(-c4ccccc4)c3Cl)cc2)no1. The Morgan fingerprint density at radius 1 is 1.06 bits per heavy atom. The van der Waals surface area contributed by atoms with Crippen LogP contribution < -0.4 is 4.74 Å². The van der Waals surface area contributed by atoms with Gasteiger partial charge in [0.05, 0.1) is 16.9 Å². The highest BCUT2D eigenvalue weighted by Gasteiger charge is 2.17. The van der Waals surface area contributed by atoms with E-state index in [-0.39, 0.29) is 13.2 Å². The number of nitrogens with zero attached hydrogens (tertiary/aromatic N) is 4. The van der Waals surface area contributed by atoms with E-state index in [1.165, 1.54) is 0 Å². The van der Waals surface area contributed by atoms with E-state index >= 15 is 0 Å². The summed E-state index contributed by atoms with van der Waals surface area (Å²) in [5, 5.41) is 8.63. The first-order chi connectivity index (χ1) is 15.0. The van der Waals surface area contributed by atoms with Crippen LogP contribution in [0.4, 0.5) is 0 Å². The summed E-state index contributed by atoms with van der Waals surface area (Å²) in [4.78, 5) is 16.5. The highest BCUT2D eigenvalue weighted by Crippen LogP contribution is 2.24. The molecule has 2 heterocycles. The van der Waals surface area contributed by atoms with Gasteiger partial charge >= 0.3 is 5.97 Å². The van der Waals surface area contributed by atoms with E-state index in [0.29, 0.717) is 39.4 Å². The fraction of sp³-hybridized carbons (Fsp3) is 0.182. The van der Waals surface area contributed by atoms with Gasteiger partial charge in [0.1, 0.15) is 17.5 Å². The normalized spacial score (nSPS) is 10.8. The van der Waals surface area contributed by atoms with Crippen molar-refractivity contribution in [2.45, 2.75) is 27.1 Å². The molecule has 0 spiro atoms. The van der Waals surface area contributed by atoms with Gasteiger partial charge in [-0.05, 0) is 43.3 Å². The minimum atomic E-state index is -0.469. The maximum absolute atomic E-state index is 12.4. The molecule has 0 saturated carbocycles. The first-order valence-electron chi connectivity index (χ1n) is 9.50. The molecule has 0 amide bonds. The van der Waals surface area contributed by atoms with Gasteiger partial charge < -0.3 is 14.0 Å². The van der Waals surface area contributed by atoms with Crippen molar-refractivity contribution in [1.29, 1.82) is 0 Å². The number of halogens is 1. The first kappa shape index (κ1) is 20.6. The zero-order chi connectivity index (χ0) is 21.8. The Morgan fingerprint density at radius 3 is 2.48 bits per heavy atom. The van der Waals surface area contributed by atoms with E-state index in [9.17, 15) is 4.79 Å². The molecule has 4 rings (SSSR count). The molecule has 8 nitrogen and oxygen atoms in total. The lowest BCUT2D eigenvalue weighted by Crippen LogP contribution is -2.06. The predicted octanol–water partition coefficient (Wildman–Crippen LogP) is 4.46. The molecule has 0 saturated heterocycles. The van der Waals surface area contributed by atoms with Crippen molar-refractivity contribution >= 4 is 17.6 Å². The zero-order valence-corrected chi connectivity index (χ0v) is 17.7. The van der Waals surface area contributed by atoms with Gasteiger partial charge in [-0.3, -0.25) is 0 Å². The van der Waals surface area contributed by atoms with Crippen molar-refractivity contribution in [2.24, 2.45) is 0 Å². The minimum Gasteiger partial charge on any atom is -0.485 e. The molecule has 0 aliphatic heterocycles. The number of aryl methyl sites for hydroxylation is 2. The topological polar surface area (TPSA) is 92.3 Å². The van der Waals surface area contributed by atoms with Gasteiger partial charge in [0, 0.05) is 12.5 Å². The smallest absolute Gasteiger partial charge is 0.338 e. The van der Waals surface area contributed by atoms with Gasteiger partial charge in [0.25, 0.3) is 0 Å². The summed E-state index contributed by atoms with van der Waals surface area (Å²) >= 11 is 6.48. The van der Waals surface area contributed by atoms with Gasteiger partial charge in [-0.25, -0.2) is 9.48 Å². The molecular weight excluding hydrogens is 420 g/mol. The lowest BCUT2D eigenvalue weighted by molar-refractivity contribution is 0.0472. The van der Waals surface area contributed by atoms with E-state index < -0.39 is 5.97 Å². The van der Waals surface area contributed by atoms with Crippen molar-refractivity contribution in [3.05, 3.63) is 88.3 Å². The van der Waals surface area contributed by atoms with Crippen LogP contribution in [-0.2, 0) is 18.0 Å². The molecule has 9 heteroatoms. The molecule has 4 aromatic rings. The molecule has 158 valence electrons.